The van der Waals surface area contributed by atoms with E-state index in [2.05, 4.69) is 55.2 Å². The third kappa shape index (κ3) is 2.34. The summed E-state index contributed by atoms with van der Waals surface area (Å²) >= 11 is 6.09. The Bertz CT molecular complexity index is 500. The molecule has 17 heavy (non-hydrogen) atoms. The van der Waals surface area contributed by atoms with Crippen LogP contribution in [0.25, 0.3) is 5.69 Å². The van der Waals surface area contributed by atoms with Gasteiger partial charge in [-0.2, -0.15) is 0 Å². The number of benzene rings is 1. The largest absolute Gasteiger partial charge is 0.270 e. The van der Waals surface area contributed by atoms with Gasteiger partial charge in [-0.25, -0.2) is 0 Å². The average molecular weight is 250 g/mol. The van der Waals surface area contributed by atoms with Gasteiger partial charge in [-0.1, -0.05) is 32.9 Å². The number of rotatable bonds is 3. The molecule has 0 atom stereocenters. The maximum Gasteiger partial charge on any atom is 0.229 e. The molecule has 0 bridgehead atoms. The van der Waals surface area contributed by atoms with E-state index in [1.165, 1.54) is 5.56 Å². The molecule has 3 nitrogen and oxygen atoms in total. The molecule has 0 aliphatic carbocycles. The Hall–Kier alpha value is -1.35. The highest BCUT2D eigenvalue weighted by Crippen LogP contribution is 2.22. The van der Waals surface area contributed by atoms with Gasteiger partial charge in [0.1, 0.15) is 5.82 Å². The van der Waals surface area contributed by atoms with E-state index in [1.54, 1.807) is 0 Å². The third-order valence-electron chi connectivity index (χ3n) is 2.77. The standard InChI is InChI=1S/C13H16ClN3/c1-4-10-5-7-11(8-6-10)17-12(9(2)3)15-16-13(17)14/h5-9H,4H2,1-3H3. The van der Waals surface area contributed by atoms with Crippen molar-refractivity contribution in [3.05, 3.63) is 40.9 Å². The van der Waals surface area contributed by atoms with Gasteiger partial charge in [0.05, 0.1) is 0 Å². The molecule has 0 N–H and O–H groups in total. The van der Waals surface area contributed by atoms with Crippen LogP contribution >= 0.6 is 11.6 Å². The maximum atomic E-state index is 6.09. The maximum absolute atomic E-state index is 6.09. The molecule has 0 radical (unpaired) electrons. The summed E-state index contributed by atoms with van der Waals surface area (Å²) in [5, 5.41) is 8.47. The minimum Gasteiger partial charge on any atom is -0.270 e. The van der Waals surface area contributed by atoms with Crippen molar-refractivity contribution in [1.82, 2.24) is 14.8 Å². The first-order valence-electron chi connectivity index (χ1n) is 5.83. The smallest absolute Gasteiger partial charge is 0.229 e. The van der Waals surface area contributed by atoms with E-state index in [9.17, 15) is 0 Å². The average Bonchev–Trinajstić information content (AvgIpc) is 2.71. The summed E-state index contributed by atoms with van der Waals surface area (Å²) in [4.78, 5) is 0. The molecule has 0 saturated heterocycles. The molecule has 0 amide bonds. The molecule has 0 unspecified atom stereocenters. The van der Waals surface area contributed by atoms with Crippen LogP contribution in [0.3, 0.4) is 0 Å². The van der Waals surface area contributed by atoms with Gasteiger partial charge in [-0.15, -0.1) is 10.2 Å². The fraction of sp³-hybridized carbons (Fsp3) is 0.385. The van der Waals surface area contributed by atoms with E-state index in [0.29, 0.717) is 11.2 Å². The van der Waals surface area contributed by atoms with Crippen molar-refractivity contribution in [1.29, 1.82) is 0 Å². The van der Waals surface area contributed by atoms with Crippen molar-refractivity contribution < 1.29 is 0 Å². The molecule has 4 heteroatoms. The highest BCUT2D eigenvalue weighted by atomic mass is 35.5. The minimum absolute atomic E-state index is 0.292. The zero-order valence-corrected chi connectivity index (χ0v) is 11.1. The van der Waals surface area contributed by atoms with Gasteiger partial charge in [0.15, 0.2) is 0 Å². The Morgan fingerprint density at radius 3 is 2.35 bits per heavy atom. The SMILES string of the molecule is CCc1ccc(-n2c(Cl)nnc2C(C)C)cc1. The number of nitrogens with zero attached hydrogens (tertiary/aromatic N) is 3. The fourth-order valence-electron chi connectivity index (χ4n) is 1.77. The van der Waals surface area contributed by atoms with Gasteiger partial charge in [0.25, 0.3) is 0 Å². The second kappa shape index (κ2) is 4.88. The van der Waals surface area contributed by atoms with Gasteiger partial charge in [0, 0.05) is 11.6 Å². The normalized spacial score (nSPS) is 11.1. The predicted octanol–water partition coefficient (Wildman–Crippen LogP) is 3.61. The second-order valence-corrected chi connectivity index (χ2v) is 4.68. The summed E-state index contributed by atoms with van der Waals surface area (Å²) < 4.78 is 1.89. The van der Waals surface area contributed by atoms with E-state index in [4.69, 9.17) is 11.6 Å². The number of hydrogen-bond acceptors (Lipinski definition) is 2. The van der Waals surface area contributed by atoms with Crippen LogP contribution in [-0.2, 0) is 6.42 Å². The Labute approximate surface area is 106 Å². The van der Waals surface area contributed by atoms with Crippen LogP contribution in [0.2, 0.25) is 5.28 Å². The minimum atomic E-state index is 0.292. The van der Waals surface area contributed by atoms with E-state index in [0.717, 1.165) is 17.9 Å². The number of halogens is 1. The number of aromatic nitrogens is 3. The van der Waals surface area contributed by atoms with E-state index in [-0.39, 0.29) is 0 Å². The lowest BCUT2D eigenvalue weighted by atomic mass is 10.1. The van der Waals surface area contributed by atoms with Crippen molar-refractivity contribution in [2.75, 3.05) is 0 Å². The lowest BCUT2D eigenvalue weighted by Crippen LogP contribution is -2.03. The van der Waals surface area contributed by atoms with Crippen molar-refractivity contribution >= 4 is 11.6 Å². The topological polar surface area (TPSA) is 30.7 Å². The first kappa shape index (κ1) is 12.1. The Morgan fingerprint density at radius 2 is 1.82 bits per heavy atom. The summed E-state index contributed by atoms with van der Waals surface area (Å²) in [6.07, 6.45) is 1.03. The quantitative estimate of drug-likeness (QED) is 0.832. The van der Waals surface area contributed by atoms with Crippen LogP contribution < -0.4 is 0 Å². The zero-order valence-electron chi connectivity index (χ0n) is 10.3. The third-order valence-corrected chi connectivity index (χ3v) is 3.01. The molecular weight excluding hydrogens is 234 g/mol. The molecular formula is C13H16ClN3. The molecule has 0 fully saturated rings. The fourth-order valence-corrected chi connectivity index (χ4v) is 1.99. The first-order chi connectivity index (χ1) is 8.13. The van der Waals surface area contributed by atoms with Crippen LogP contribution in [-0.4, -0.2) is 14.8 Å². The predicted molar refractivity (Wildman–Crippen MR) is 69.8 cm³/mol. The summed E-state index contributed by atoms with van der Waals surface area (Å²) in [6.45, 7) is 6.30. The number of aryl methyl sites for hydroxylation is 1. The molecule has 2 rings (SSSR count). The molecule has 2 aromatic rings. The molecule has 0 aliphatic heterocycles. The van der Waals surface area contributed by atoms with Crippen LogP contribution in [0.1, 0.15) is 38.1 Å². The Kier molecular flexibility index (Phi) is 3.48. The van der Waals surface area contributed by atoms with Gasteiger partial charge in [0.2, 0.25) is 5.28 Å². The van der Waals surface area contributed by atoms with Crippen LogP contribution in [0.4, 0.5) is 0 Å². The van der Waals surface area contributed by atoms with Crippen molar-refractivity contribution in [2.24, 2.45) is 0 Å². The van der Waals surface area contributed by atoms with Gasteiger partial charge < -0.3 is 0 Å². The summed E-state index contributed by atoms with van der Waals surface area (Å²) in [5.41, 5.74) is 2.32. The summed E-state index contributed by atoms with van der Waals surface area (Å²) in [6, 6.07) is 8.32. The molecule has 0 spiro atoms. The molecule has 90 valence electrons. The van der Waals surface area contributed by atoms with E-state index < -0.39 is 0 Å². The highest BCUT2D eigenvalue weighted by molar-refractivity contribution is 6.28. The molecule has 1 heterocycles. The summed E-state index contributed by atoms with van der Waals surface area (Å²) in [5.74, 6) is 1.18. The van der Waals surface area contributed by atoms with E-state index >= 15 is 0 Å². The lowest BCUT2D eigenvalue weighted by Gasteiger charge is -2.10. The second-order valence-electron chi connectivity index (χ2n) is 4.34. The first-order valence-corrected chi connectivity index (χ1v) is 6.21. The van der Waals surface area contributed by atoms with Gasteiger partial charge in [-0.05, 0) is 35.7 Å². The molecule has 1 aromatic carbocycles. The molecule has 1 aromatic heterocycles. The highest BCUT2D eigenvalue weighted by Gasteiger charge is 2.14. The van der Waals surface area contributed by atoms with Crippen LogP contribution in [0.15, 0.2) is 24.3 Å². The molecule has 0 saturated carbocycles. The van der Waals surface area contributed by atoms with Gasteiger partial charge in [-0.3, -0.25) is 4.57 Å². The zero-order chi connectivity index (χ0) is 12.4. The van der Waals surface area contributed by atoms with Crippen molar-refractivity contribution in [3.63, 3.8) is 0 Å². The number of hydrogen-bond donors (Lipinski definition) is 0. The Morgan fingerprint density at radius 1 is 1.18 bits per heavy atom. The van der Waals surface area contributed by atoms with Crippen LogP contribution in [0, 0.1) is 0 Å². The summed E-state index contributed by atoms with van der Waals surface area (Å²) in [7, 11) is 0. The Balaban J connectivity index is 2.48. The molecule has 0 aliphatic rings. The monoisotopic (exact) mass is 249 g/mol. The van der Waals surface area contributed by atoms with Crippen molar-refractivity contribution in [2.45, 2.75) is 33.1 Å². The van der Waals surface area contributed by atoms with E-state index in [1.807, 2.05) is 4.57 Å². The van der Waals surface area contributed by atoms with Crippen molar-refractivity contribution in [3.8, 4) is 5.69 Å². The van der Waals surface area contributed by atoms with Gasteiger partial charge >= 0.3 is 0 Å². The lowest BCUT2D eigenvalue weighted by molar-refractivity contribution is 0.745. The van der Waals surface area contributed by atoms with Crippen LogP contribution in [0.5, 0.6) is 0 Å².